The summed E-state index contributed by atoms with van der Waals surface area (Å²) in [6, 6.07) is 15.5. The molecular formula is C22H23F3N2O. The SMILES string of the molecule is NC1(n2ccc3ccccc32)CCCCC1OCc1ccccc1C(F)(F)F. The molecule has 2 aromatic carbocycles. The minimum absolute atomic E-state index is 0.113. The molecule has 0 spiro atoms. The number of para-hydroxylation sites is 1. The van der Waals surface area contributed by atoms with Crippen molar-refractivity contribution in [1.29, 1.82) is 0 Å². The van der Waals surface area contributed by atoms with Crippen LogP contribution in [0.4, 0.5) is 13.2 Å². The van der Waals surface area contributed by atoms with E-state index in [0.29, 0.717) is 0 Å². The molecule has 0 saturated heterocycles. The summed E-state index contributed by atoms with van der Waals surface area (Å²) in [6.45, 7) is -0.113. The average molecular weight is 388 g/mol. The number of alkyl halides is 3. The van der Waals surface area contributed by atoms with Gasteiger partial charge in [0.05, 0.1) is 18.3 Å². The molecule has 2 N–H and O–H groups in total. The summed E-state index contributed by atoms with van der Waals surface area (Å²) < 4.78 is 47.9. The zero-order chi connectivity index (χ0) is 19.8. The lowest BCUT2D eigenvalue weighted by atomic mass is 9.86. The molecule has 4 rings (SSSR count). The molecule has 1 aromatic heterocycles. The molecule has 3 nitrogen and oxygen atoms in total. The van der Waals surface area contributed by atoms with Crippen LogP contribution in [0.3, 0.4) is 0 Å². The van der Waals surface area contributed by atoms with Gasteiger partial charge < -0.3 is 15.0 Å². The Balaban J connectivity index is 1.62. The van der Waals surface area contributed by atoms with Gasteiger partial charge in [-0.05, 0) is 48.4 Å². The van der Waals surface area contributed by atoms with Gasteiger partial charge in [-0.1, -0.05) is 42.8 Å². The summed E-state index contributed by atoms with van der Waals surface area (Å²) in [7, 11) is 0. The fraction of sp³-hybridized carbons (Fsp3) is 0.364. The second-order valence-electron chi connectivity index (χ2n) is 7.44. The summed E-state index contributed by atoms with van der Waals surface area (Å²) in [6.07, 6.45) is 0.539. The fourth-order valence-corrected chi connectivity index (χ4v) is 4.21. The van der Waals surface area contributed by atoms with Crippen molar-refractivity contribution in [3.63, 3.8) is 0 Å². The Morgan fingerprint density at radius 2 is 1.79 bits per heavy atom. The lowest BCUT2D eigenvalue weighted by Gasteiger charge is -2.42. The first-order valence-electron chi connectivity index (χ1n) is 9.52. The molecule has 148 valence electrons. The van der Waals surface area contributed by atoms with E-state index in [0.717, 1.165) is 42.7 Å². The molecule has 0 radical (unpaired) electrons. The van der Waals surface area contributed by atoms with Crippen LogP contribution in [0.5, 0.6) is 0 Å². The van der Waals surface area contributed by atoms with Crippen LogP contribution >= 0.6 is 0 Å². The van der Waals surface area contributed by atoms with Crippen LogP contribution in [-0.2, 0) is 23.2 Å². The number of hydrogen-bond donors (Lipinski definition) is 1. The molecule has 1 heterocycles. The van der Waals surface area contributed by atoms with E-state index >= 15 is 0 Å². The molecule has 28 heavy (non-hydrogen) atoms. The van der Waals surface area contributed by atoms with Gasteiger partial charge in [-0.25, -0.2) is 0 Å². The zero-order valence-electron chi connectivity index (χ0n) is 15.5. The van der Waals surface area contributed by atoms with Crippen molar-refractivity contribution >= 4 is 10.9 Å². The van der Waals surface area contributed by atoms with Crippen molar-refractivity contribution in [3.8, 4) is 0 Å². The van der Waals surface area contributed by atoms with Gasteiger partial charge in [0.15, 0.2) is 0 Å². The minimum atomic E-state index is -4.40. The Morgan fingerprint density at radius 1 is 1.04 bits per heavy atom. The maximum absolute atomic E-state index is 13.3. The van der Waals surface area contributed by atoms with Gasteiger partial charge in [0.2, 0.25) is 0 Å². The van der Waals surface area contributed by atoms with Crippen LogP contribution in [0.1, 0.15) is 36.8 Å². The van der Waals surface area contributed by atoms with Gasteiger partial charge in [-0.3, -0.25) is 0 Å². The Labute approximate surface area is 161 Å². The van der Waals surface area contributed by atoms with Crippen LogP contribution < -0.4 is 5.73 Å². The number of hydrogen-bond acceptors (Lipinski definition) is 2. The van der Waals surface area contributed by atoms with Crippen LogP contribution in [0.25, 0.3) is 10.9 Å². The molecule has 0 amide bonds. The molecule has 2 atom stereocenters. The second-order valence-corrected chi connectivity index (χ2v) is 7.44. The van der Waals surface area contributed by atoms with Crippen LogP contribution in [0.15, 0.2) is 60.8 Å². The van der Waals surface area contributed by atoms with Gasteiger partial charge >= 0.3 is 6.18 Å². The van der Waals surface area contributed by atoms with Crippen molar-refractivity contribution in [2.75, 3.05) is 0 Å². The third-order valence-corrected chi connectivity index (χ3v) is 5.66. The predicted octanol–water partition coefficient (Wildman–Crippen LogP) is 5.43. The number of nitrogens with zero attached hydrogens (tertiary/aromatic N) is 1. The third kappa shape index (κ3) is 3.42. The molecule has 1 aliphatic rings. The lowest BCUT2D eigenvalue weighted by Crippen LogP contribution is -2.55. The van der Waals surface area contributed by atoms with Gasteiger partial charge in [0, 0.05) is 11.7 Å². The van der Waals surface area contributed by atoms with E-state index in [9.17, 15) is 13.2 Å². The van der Waals surface area contributed by atoms with Gasteiger partial charge in [0.1, 0.15) is 5.66 Å². The smallest absolute Gasteiger partial charge is 0.370 e. The normalized spacial score (nSPS) is 23.2. The van der Waals surface area contributed by atoms with E-state index in [2.05, 4.69) is 0 Å². The summed E-state index contributed by atoms with van der Waals surface area (Å²) in [4.78, 5) is 0. The Kier molecular flexibility index (Phi) is 4.93. The van der Waals surface area contributed by atoms with Crippen LogP contribution in [0, 0.1) is 0 Å². The molecule has 3 aromatic rings. The molecule has 1 aliphatic carbocycles. The highest BCUT2D eigenvalue weighted by molar-refractivity contribution is 5.80. The van der Waals surface area contributed by atoms with Crippen molar-refractivity contribution in [3.05, 3.63) is 71.9 Å². The van der Waals surface area contributed by atoms with E-state index in [4.69, 9.17) is 10.5 Å². The van der Waals surface area contributed by atoms with Crippen molar-refractivity contribution in [2.45, 2.75) is 50.2 Å². The van der Waals surface area contributed by atoms with Crippen molar-refractivity contribution in [2.24, 2.45) is 5.73 Å². The molecule has 2 unspecified atom stereocenters. The largest absolute Gasteiger partial charge is 0.416 e. The van der Waals surface area contributed by atoms with E-state index in [1.165, 1.54) is 12.1 Å². The number of nitrogens with two attached hydrogens (primary N) is 1. The number of fused-ring (bicyclic) bond motifs is 1. The van der Waals surface area contributed by atoms with E-state index in [-0.39, 0.29) is 18.3 Å². The number of aromatic nitrogens is 1. The van der Waals surface area contributed by atoms with E-state index < -0.39 is 17.4 Å². The minimum Gasteiger partial charge on any atom is -0.370 e. The van der Waals surface area contributed by atoms with Gasteiger partial charge in [0.25, 0.3) is 0 Å². The number of benzene rings is 2. The van der Waals surface area contributed by atoms with E-state index in [1.807, 2.05) is 41.1 Å². The topological polar surface area (TPSA) is 40.2 Å². The molecular weight excluding hydrogens is 365 g/mol. The average Bonchev–Trinajstić information content (AvgIpc) is 3.12. The van der Waals surface area contributed by atoms with E-state index in [1.54, 1.807) is 6.07 Å². The summed E-state index contributed by atoms with van der Waals surface area (Å²) in [5.41, 5.74) is 6.55. The highest BCUT2D eigenvalue weighted by atomic mass is 19.4. The Bertz CT molecular complexity index is 966. The van der Waals surface area contributed by atoms with Crippen LogP contribution in [0.2, 0.25) is 0 Å². The van der Waals surface area contributed by atoms with Gasteiger partial charge in [-0.15, -0.1) is 0 Å². The molecule has 1 saturated carbocycles. The first-order valence-corrected chi connectivity index (χ1v) is 9.52. The summed E-state index contributed by atoms with van der Waals surface area (Å²) in [5.74, 6) is 0. The quantitative estimate of drug-likeness (QED) is 0.647. The maximum Gasteiger partial charge on any atom is 0.416 e. The lowest BCUT2D eigenvalue weighted by molar-refractivity contribution is -0.139. The number of rotatable bonds is 4. The van der Waals surface area contributed by atoms with Crippen molar-refractivity contribution < 1.29 is 17.9 Å². The number of halogens is 3. The Hall–Kier alpha value is -2.31. The highest BCUT2D eigenvalue weighted by Crippen LogP contribution is 2.37. The molecule has 0 bridgehead atoms. The third-order valence-electron chi connectivity index (χ3n) is 5.66. The Morgan fingerprint density at radius 3 is 2.61 bits per heavy atom. The molecule has 0 aliphatic heterocycles. The highest BCUT2D eigenvalue weighted by Gasteiger charge is 2.41. The van der Waals surface area contributed by atoms with Crippen molar-refractivity contribution in [1.82, 2.24) is 4.57 Å². The number of ether oxygens (including phenoxy) is 1. The molecule has 6 heteroatoms. The monoisotopic (exact) mass is 388 g/mol. The summed E-state index contributed by atoms with van der Waals surface area (Å²) >= 11 is 0. The van der Waals surface area contributed by atoms with Crippen LogP contribution in [-0.4, -0.2) is 10.7 Å². The fourth-order valence-electron chi connectivity index (χ4n) is 4.21. The summed E-state index contributed by atoms with van der Waals surface area (Å²) in [5, 5.41) is 1.08. The first-order chi connectivity index (χ1) is 13.4. The predicted molar refractivity (Wildman–Crippen MR) is 103 cm³/mol. The maximum atomic E-state index is 13.3. The standard InChI is InChI=1S/C22H23F3N2O/c23-22(24,25)18-9-3-1-8-17(18)15-28-20-11-5-6-13-21(20,26)27-14-12-16-7-2-4-10-19(16)27/h1-4,7-10,12,14,20H,5-6,11,13,15,26H2. The zero-order valence-corrected chi connectivity index (χ0v) is 15.5. The second kappa shape index (κ2) is 7.26. The first kappa shape index (κ1) is 19.0. The molecule has 1 fully saturated rings. The van der Waals surface area contributed by atoms with Gasteiger partial charge in [-0.2, -0.15) is 13.2 Å².